The maximum Gasteiger partial charge on any atom is 0.326 e. The van der Waals surface area contributed by atoms with Gasteiger partial charge in [-0.05, 0) is 12.3 Å². The van der Waals surface area contributed by atoms with E-state index >= 15 is 0 Å². The van der Waals surface area contributed by atoms with Gasteiger partial charge in [-0.1, -0.05) is 13.8 Å². The van der Waals surface area contributed by atoms with Gasteiger partial charge >= 0.3 is 16.2 Å². The maximum absolute atomic E-state index is 12.6. The molecular weight excluding hydrogens is 277 g/mol. The Labute approximate surface area is 111 Å². The van der Waals surface area contributed by atoms with Crippen LogP contribution in [-0.4, -0.2) is 48.6 Å². The fourth-order valence-electron chi connectivity index (χ4n) is 2.31. The number of hydrogen-bond donors (Lipinski definition) is 1. The van der Waals surface area contributed by atoms with Gasteiger partial charge in [0.2, 0.25) is 5.91 Å². The third-order valence-electron chi connectivity index (χ3n) is 3.03. The molecule has 1 aliphatic heterocycles. The van der Waals surface area contributed by atoms with Crippen molar-refractivity contribution in [2.24, 2.45) is 11.8 Å². The lowest BCUT2D eigenvalue weighted by atomic mass is 10.0. The standard InChI is InChI=1S/C11H18FNO5S/c1-7(2)3-9(11(15)16)13-5-8(4-10(13)14)6-19(12,17)18/h7-9H,3-6H2,1-2H3,(H,15,16). The van der Waals surface area contributed by atoms with Crippen LogP contribution in [-0.2, 0) is 19.8 Å². The fraction of sp³-hybridized carbons (Fsp3) is 0.818. The second-order valence-corrected chi connectivity index (χ2v) is 6.72. The third-order valence-corrected chi connectivity index (χ3v) is 3.90. The van der Waals surface area contributed by atoms with Crippen molar-refractivity contribution in [2.45, 2.75) is 32.7 Å². The molecule has 1 saturated heterocycles. The molecule has 8 heteroatoms. The summed E-state index contributed by atoms with van der Waals surface area (Å²) in [7, 11) is -4.65. The zero-order chi connectivity index (χ0) is 14.8. The number of nitrogens with zero attached hydrogens (tertiary/aromatic N) is 1. The van der Waals surface area contributed by atoms with Crippen LogP contribution >= 0.6 is 0 Å². The highest BCUT2D eigenvalue weighted by Crippen LogP contribution is 2.25. The summed E-state index contributed by atoms with van der Waals surface area (Å²) >= 11 is 0. The van der Waals surface area contributed by atoms with E-state index in [2.05, 4.69) is 0 Å². The van der Waals surface area contributed by atoms with Crippen LogP contribution in [0.1, 0.15) is 26.7 Å². The summed E-state index contributed by atoms with van der Waals surface area (Å²) in [6.07, 6.45) is 0.168. The molecule has 110 valence electrons. The van der Waals surface area contributed by atoms with Gasteiger partial charge < -0.3 is 10.0 Å². The van der Waals surface area contributed by atoms with Crippen LogP contribution in [0.15, 0.2) is 0 Å². The van der Waals surface area contributed by atoms with Crippen molar-refractivity contribution in [1.82, 2.24) is 4.90 Å². The van der Waals surface area contributed by atoms with Crippen molar-refractivity contribution in [1.29, 1.82) is 0 Å². The van der Waals surface area contributed by atoms with Crippen LogP contribution in [0.2, 0.25) is 0 Å². The smallest absolute Gasteiger partial charge is 0.326 e. The topological polar surface area (TPSA) is 91.8 Å². The maximum atomic E-state index is 12.6. The van der Waals surface area contributed by atoms with Crippen molar-refractivity contribution < 1.29 is 27.0 Å². The van der Waals surface area contributed by atoms with Crippen LogP contribution < -0.4 is 0 Å². The molecule has 1 rings (SSSR count). The first-order valence-corrected chi connectivity index (χ1v) is 7.60. The van der Waals surface area contributed by atoms with Crippen molar-refractivity contribution in [3.8, 4) is 0 Å². The van der Waals surface area contributed by atoms with Gasteiger partial charge in [-0.15, -0.1) is 3.89 Å². The summed E-state index contributed by atoms with van der Waals surface area (Å²) in [6.45, 7) is 3.64. The quantitative estimate of drug-likeness (QED) is 0.726. The van der Waals surface area contributed by atoms with Gasteiger partial charge in [0.1, 0.15) is 6.04 Å². The van der Waals surface area contributed by atoms with E-state index in [4.69, 9.17) is 5.11 Å². The molecule has 1 fully saturated rings. The number of hydrogen-bond acceptors (Lipinski definition) is 4. The van der Waals surface area contributed by atoms with Gasteiger partial charge in [-0.3, -0.25) is 4.79 Å². The molecule has 0 aromatic carbocycles. The summed E-state index contributed by atoms with van der Waals surface area (Å²) < 4.78 is 33.7. The molecule has 1 amide bonds. The molecular formula is C11H18FNO5S. The molecule has 1 aliphatic rings. The molecule has 0 spiro atoms. The highest BCUT2D eigenvalue weighted by molar-refractivity contribution is 7.86. The van der Waals surface area contributed by atoms with Gasteiger partial charge in [0.05, 0.1) is 5.75 Å². The second kappa shape index (κ2) is 5.85. The van der Waals surface area contributed by atoms with E-state index in [1.54, 1.807) is 0 Å². The number of likely N-dealkylation sites (tertiary alicyclic amines) is 1. The molecule has 1 heterocycles. The Morgan fingerprint density at radius 1 is 1.53 bits per heavy atom. The normalized spacial score (nSPS) is 22.0. The van der Waals surface area contributed by atoms with Crippen LogP contribution in [0.3, 0.4) is 0 Å². The molecule has 1 N–H and O–H groups in total. The van der Waals surface area contributed by atoms with Crippen molar-refractivity contribution >= 4 is 22.1 Å². The highest BCUT2D eigenvalue weighted by Gasteiger charge is 2.39. The lowest BCUT2D eigenvalue weighted by Crippen LogP contribution is -2.43. The molecule has 6 nitrogen and oxygen atoms in total. The van der Waals surface area contributed by atoms with Crippen molar-refractivity contribution in [3.63, 3.8) is 0 Å². The highest BCUT2D eigenvalue weighted by atomic mass is 32.3. The van der Waals surface area contributed by atoms with Gasteiger partial charge in [0.15, 0.2) is 0 Å². The first-order chi connectivity index (χ1) is 8.60. The van der Waals surface area contributed by atoms with Gasteiger partial charge in [-0.25, -0.2) is 4.79 Å². The lowest BCUT2D eigenvalue weighted by Gasteiger charge is -2.26. The van der Waals surface area contributed by atoms with Crippen molar-refractivity contribution in [3.05, 3.63) is 0 Å². The number of amides is 1. The van der Waals surface area contributed by atoms with E-state index in [-0.39, 0.29) is 25.3 Å². The first kappa shape index (κ1) is 15.9. The SMILES string of the molecule is CC(C)CC(C(=O)O)N1CC(CS(=O)(=O)F)CC1=O. The Morgan fingerprint density at radius 3 is 2.53 bits per heavy atom. The number of aliphatic carboxylic acids is 1. The number of carbonyl (C=O) groups is 2. The number of rotatable bonds is 6. The average molecular weight is 295 g/mol. The number of carboxylic acids is 1. The largest absolute Gasteiger partial charge is 0.480 e. The molecule has 19 heavy (non-hydrogen) atoms. The Bertz CT molecular complexity index is 462. The minimum Gasteiger partial charge on any atom is -0.480 e. The summed E-state index contributed by atoms with van der Waals surface area (Å²) in [5, 5.41) is 9.13. The van der Waals surface area contributed by atoms with Gasteiger partial charge in [-0.2, -0.15) is 8.42 Å². The van der Waals surface area contributed by atoms with Gasteiger partial charge in [0.25, 0.3) is 0 Å². The monoisotopic (exact) mass is 295 g/mol. The van der Waals surface area contributed by atoms with E-state index in [9.17, 15) is 21.9 Å². The first-order valence-electron chi connectivity index (χ1n) is 6.04. The number of halogens is 1. The average Bonchev–Trinajstić information content (AvgIpc) is 2.52. The van der Waals surface area contributed by atoms with E-state index < -0.39 is 39.8 Å². The molecule has 0 aromatic rings. The van der Waals surface area contributed by atoms with Crippen LogP contribution in [0.25, 0.3) is 0 Å². The molecule has 2 unspecified atom stereocenters. The molecule has 2 atom stereocenters. The fourth-order valence-corrected chi connectivity index (χ4v) is 3.10. The Balaban J connectivity index is 2.77. The molecule has 0 saturated carbocycles. The van der Waals surface area contributed by atoms with E-state index in [1.165, 1.54) is 0 Å². The van der Waals surface area contributed by atoms with Crippen molar-refractivity contribution in [2.75, 3.05) is 12.3 Å². The third kappa shape index (κ3) is 4.77. The predicted molar refractivity (Wildman–Crippen MR) is 65.6 cm³/mol. The summed E-state index contributed by atoms with van der Waals surface area (Å²) in [4.78, 5) is 24.1. The predicted octanol–water partition coefficient (Wildman–Crippen LogP) is 0.634. The summed E-state index contributed by atoms with van der Waals surface area (Å²) in [6, 6.07) is -0.972. The minimum absolute atomic E-state index is 0.0222. The summed E-state index contributed by atoms with van der Waals surface area (Å²) in [5.41, 5.74) is 0. The molecule has 0 bridgehead atoms. The van der Waals surface area contributed by atoms with Gasteiger partial charge in [0, 0.05) is 18.9 Å². The van der Waals surface area contributed by atoms with E-state index in [1.807, 2.05) is 13.8 Å². The minimum atomic E-state index is -4.65. The number of carbonyl (C=O) groups excluding carboxylic acids is 1. The summed E-state index contributed by atoms with van der Waals surface area (Å²) in [5.74, 6) is -2.87. The van der Waals surface area contributed by atoms with Crippen LogP contribution in [0.5, 0.6) is 0 Å². The Kier molecular flexibility index (Phi) is 4.89. The lowest BCUT2D eigenvalue weighted by molar-refractivity contribution is -0.149. The molecule has 0 aromatic heterocycles. The zero-order valence-corrected chi connectivity index (χ0v) is 11.7. The van der Waals surface area contributed by atoms with Crippen LogP contribution in [0, 0.1) is 11.8 Å². The Morgan fingerprint density at radius 2 is 2.11 bits per heavy atom. The van der Waals surface area contributed by atoms with E-state index in [0.717, 1.165) is 4.90 Å². The molecule has 0 radical (unpaired) electrons. The number of carboxylic acid groups (broad SMARTS) is 1. The van der Waals surface area contributed by atoms with E-state index in [0.29, 0.717) is 0 Å². The van der Waals surface area contributed by atoms with Crippen LogP contribution in [0.4, 0.5) is 3.89 Å². The second-order valence-electron chi connectivity index (χ2n) is 5.31. The zero-order valence-electron chi connectivity index (χ0n) is 10.9. The Hall–Kier alpha value is -1.18. The molecule has 0 aliphatic carbocycles.